The molecular formula is C26H30N4O2. The van der Waals surface area contributed by atoms with Gasteiger partial charge in [-0.3, -0.25) is 9.69 Å². The minimum atomic E-state index is -0.0384. The molecule has 1 aliphatic rings. The van der Waals surface area contributed by atoms with E-state index < -0.39 is 0 Å². The summed E-state index contributed by atoms with van der Waals surface area (Å²) in [5, 5.41) is 3.19. The lowest BCUT2D eigenvalue weighted by Gasteiger charge is -2.32. The molecule has 1 aromatic heterocycles. The average molecular weight is 431 g/mol. The summed E-state index contributed by atoms with van der Waals surface area (Å²) in [7, 11) is 1.66. The zero-order chi connectivity index (χ0) is 22.3. The minimum Gasteiger partial charge on any atom is -0.497 e. The molecule has 0 spiro atoms. The Balaban J connectivity index is 1.42. The minimum absolute atomic E-state index is 0.0384. The van der Waals surface area contributed by atoms with E-state index in [1.807, 2.05) is 60.9 Å². The summed E-state index contributed by atoms with van der Waals surface area (Å²) in [4.78, 5) is 24.3. The van der Waals surface area contributed by atoms with Crippen LogP contribution >= 0.6 is 0 Å². The Hall–Kier alpha value is -3.25. The number of ether oxygens (including phenoxy) is 1. The van der Waals surface area contributed by atoms with Crippen LogP contribution in [0.4, 0.5) is 5.69 Å². The second-order valence-electron chi connectivity index (χ2n) is 8.20. The number of carbonyl (C=O) groups is 1. The predicted molar refractivity (Wildman–Crippen MR) is 126 cm³/mol. The van der Waals surface area contributed by atoms with E-state index in [1.54, 1.807) is 7.11 Å². The van der Waals surface area contributed by atoms with Crippen molar-refractivity contribution in [3.05, 3.63) is 72.3 Å². The van der Waals surface area contributed by atoms with Crippen molar-refractivity contribution in [2.45, 2.75) is 32.7 Å². The van der Waals surface area contributed by atoms with Gasteiger partial charge in [0.05, 0.1) is 13.0 Å². The molecule has 6 nitrogen and oxygen atoms in total. The van der Waals surface area contributed by atoms with E-state index in [0.29, 0.717) is 0 Å². The first-order chi connectivity index (χ1) is 15.7. The number of anilines is 1. The lowest BCUT2D eigenvalue weighted by atomic mass is 9.96. The maximum atomic E-state index is 13.2. The van der Waals surface area contributed by atoms with Gasteiger partial charge in [0, 0.05) is 48.7 Å². The van der Waals surface area contributed by atoms with Gasteiger partial charge < -0.3 is 10.1 Å². The van der Waals surface area contributed by atoms with Gasteiger partial charge in [0.15, 0.2) is 0 Å². The van der Waals surface area contributed by atoms with E-state index in [2.05, 4.69) is 27.1 Å². The summed E-state index contributed by atoms with van der Waals surface area (Å²) < 4.78 is 5.26. The third-order valence-electron chi connectivity index (χ3n) is 5.94. The van der Waals surface area contributed by atoms with E-state index in [9.17, 15) is 4.79 Å². The molecule has 6 heteroatoms. The van der Waals surface area contributed by atoms with E-state index in [-0.39, 0.29) is 11.8 Å². The molecule has 1 amide bonds. The molecule has 0 radical (unpaired) electrons. The van der Waals surface area contributed by atoms with Crippen molar-refractivity contribution in [2.75, 3.05) is 25.5 Å². The molecule has 3 aromatic rings. The van der Waals surface area contributed by atoms with Gasteiger partial charge in [0.2, 0.25) is 5.91 Å². The van der Waals surface area contributed by atoms with Gasteiger partial charge in [-0.2, -0.15) is 0 Å². The molecule has 1 saturated heterocycles. The molecule has 32 heavy (non-hydrogen) atoms. The van der Waals surface area contributed by atoms with Crippen molar-refractivity contribution in [3.8, 4) is 16.9 Å². The fourth-order valence-electron chi connectivity index (χ4n) is 4.17. The zero-order valence-corrected chi connectivity index (χ0v) is 18.8. The number of carbonyl (C=O) groups excluding carboxylic acids is 1. The van der Waals surface area contributed by atoms with E-state index >= 15 is 0 Å². The van der Waals surface area contributed by atoms with Crippen LogP contribution in [0.1, 0.15) is 31.2 Å². The Kier molecular flexibility index (Phi) is 7.12. The number of hydrogen-bond acceptors (Lipinski definition) is 5. The number of para-hydroxylation sites is 1. The highest BCUT2D eigenvalue weighted by atomic mass is 16.5. The molecule has 166 valence electrons. The standard InChI is InChI=1S/C26H30N4O2/c1-3-25-27-15-19(16-28-25)17-30-14-6-7-21(18-30)26(31)29-24-9-5-4-8-23(24)20-10-12-22(32-2)13-11-20/h4-5,8-13,15-16,21H,3,6-7,14,17-18H2,1-2H3,(H,29,31). The van der Waals surface area contributed by atoms with E-state index in [4.69, 9.17) is 4.74 Å². The number of amides is 1. The van der Waals surface area contributed by atoms with Gasteiger partial charge in [0.1, 0.15) is 11.6 Å². The molecule has 1 aliphatic heterocycles. The van der Waals surface area contributed by atoms with Gasteiger partial charge >= 0.3 is 0 Å². The van der Waals surface area contributed by atoms with Gasteiger partial charge in [0.25, 0.3) is 0 Å². The van der Waals surface area contributed by atoms with E-state index in [0.717, 1.165) is 72.8 Å². The van der Waals surface area contributed by atoms with Crippen molar-refractivity contribution in [3.63, 3.8) is 0 Å². The predicted octanol–water partition coefficient (Wildman–Crippen LogP) is 4.57. The Bertz CT molecular complexity index is 1030. The Morgan fingerprint density at radius 3 is 2.59 bits per heavy atom. The molecule has 0 aliphatic carbocycles. The third-order valence-corrected chi connectivity index (χ3v) is 5.94. The first-order valence-electron chi connectivity index (χ1n) is 11.2. The summed E-state index contributed by atoms with van der Waals surface area (Å²) in [6, 6.07) is 15.8. The van der Waals surface area contributed by atoms with Crippen molar-refractivity contribution in [2.24, 2.45) is 5.92 Å². The van der Waals surface area contributed by atoms with Gasteiger partial charge in [-0.15, -0.1) is 0 Å². The number of benzene rings is 2. The van der Waals surface area contributed by atoms with Crippen LogP contribution in [0, 0.1) is 5.92 Å². The van der Waals surface area contributed by atoms with Crippen LogP contribution in [0.25, 0.3) is 11.1 Å². The van der Waals surface area contributed by atoms with Crippen LogP contribution in [0.5, 0.6) is 5.75 Å². The molecule has 1 unspecified atom stereocenters. The van der Waals surface area contributed by atoms with Crippen LogP contribution in [-0.4, -0.2) is 41.0 Å². The maximum Gasteiger partial charge on any atom is 0.228 e. The summed E-state index contributed by atoms with van der Waals surface area (Å²) >= 11 is 0. The number of likely N-dealkylation sites (tertiary alicyclic amines) is 1. The summed E-state index contributed by atoms with van der Waals surface area (Å²) in [6.07, 6.45) is 6.55. The normalized spacial score (nSPS) is 16.5. The van der Waals surface area contributed by atoms with Crippen LogP contribution in [0.15, 0.2) is 60.9 Å². The zero-order valence-electron chi connectivity index (χ0n) is 18.8. The number of nitrogens with zero attached hydrogens (tertiary/aromatic N) is 3. The maximum absolute atomic E-state index is 13.2. The molecule has 2 aromatic carbocycles. The Morgan fingerprint density at radius 1 is 1.12 bits per heavy atom. The number of nitrogens with one attached hydrogen (secondary N) is 1. The number of methoxy groups -OCH3 is 1. The van der Waals surface area contributed by atoms with Crippen LogP contribution < -0.4 is 10.1 Å². The summed E-state index contributed by atoms with van der Waals surface area (Å²) in [5.41, 5.74) is 3.98. The number of aromatic nitrogens is 2. The van der Waals surface area contributed by atoms with Gasteiger partial charge in [-0.1, -0.05) is 37.3 Å². The molecule has 0 saturated carbocycles. The fourth-order valence-corrected chi connectivity index (χ4v) is 4.17. The third kappa shape index (κ3) is 5.32. The molecule has 4 rings (SSSR count). The highest BCUT2D eigenvalue weighted by molar-refractivity contribution is 5.97. The monoisotopic (exact) mass is 430 g/mol. The second-order valence-corrected chi connectivity index (χ2v) is 8.20. The lowest BCUT2D eigenvalue weighted by Crippen LogP contribution is -2.40. The van der Waals surface area contributed by atoms with Crippen LogP contribution in [0.3, 0.4) is 0 Å². The molecule has 0 bridgehead atoms. The van der Waals surface area contributed by atoms with Gasteiger partial charge in [-0.25, -0.2) is 9.97 Å². The second kappa shape index (κ2) is 10.4. The molecule has 1 atom stereocenters. The van der Waals surface area contributed by atoms with Crippen molar-refractivity contribution >= 4 is 11.6 Å². The Labute approximate surface area is 189 Å². The smallest absolute Gasteiger partial charge is 0.228 e. The number of aryl methyl sites for hydroxylation is 1. The fraction of sp³-hybridized carbons (Fsp3) is 0.346. The van der Waals surface area contributed by atoms with Gasteiger partial charge in [-0.05, 0) is 43.1 Å². The summed E-state index contributed by atoms with van der Waals surface area (Å²) in [5.74, 6) is 1.71. The highest BCUT2D eigenvalue weighted by Crippen LogP contribution is 2.30. The highest BCUT2D eigenvalue weighted by Gasteiger charge is 2.26. The van der Waals surface area contributed by atoms with Crippen molar-refractivity contribution < 1.29 is 9.53 Å². The lowest BCUT2D eigenvalue weighted by molar-refractivity contribution is -0.121. The molecular weight excluding hydrogens is 400 g/mol. The number of piperidine rings is 1. The Morgan fingerprint density at radius 2 is 1.88 bits per heavy atom. The van der Waals surface area contributed by atoms with Crippen LogP contribution in [0.2, 0.25) is 0 Å². The first kappa shape index (κ1) is 22.0. The summed E-state index contributed by atoms with van der Waals surface area (Å²) in [6.45, 7) is 4.56. The number of rotatable bonds is 7. The van der Waals surface area contributed by atoms with Crippen molar-refractivity contribution in [1.82, 2.24) is 14.9 Å². The first-order valence-corrected chi connectivity index (χ1v) is 11.2. The van der Waals surface area contributed by atoms with E-state index in [1.165, 1.54) is 0 Å². The largest absolute Gasteiger partial charge is 0.497 e. The molecule has 1 fully saturated rings. The molecule has 1 N–H and O–H groups in total. The topological polar surface area (TPSA) is 67.4 Å². The molecule has 2 heterocycles. The number of hydrogen-bond donors (Lipinski definition) is 1. The average Bonchev–Trinajstić information content (AvgIpc) is 2.85. The quantitative estimate of drug-likeness (QED) is 0.595. The van der Waals surface area contributed by atoms with Crippen molar-refractivity contribution in [1.29, 1.82) is 0 Å². The SMILES string of the molecule is CCc1ncc(CN2CCCC(C(=O)Nc3ccccc3-c3ccc(OC)cc3)C2)cn1. The van der Waals surface area contributed by atoms with Crippen LogP contribution in [-0.2, 0) is 17.8 Å².